The van der Waals surface area contributed by atoms with Crippen molar-refractivity contribution in [2.24, 2.45) is 10.7 Å². The van der Waals surface area contributed by atoms with Crippen molar-refractivity contribution >= 4 is 52.4 Å². The molecule has 0 aliphatic carbocycles. The van der Waals surface area contributed by atoms with Crippen LogP contribution in [-0.4, -0.2) is 69.3 Å². The maximum absolute atomic E-state index is 13.6. The van der Waals surface area contributed by atoms with Gasteiger partial charge in [-0.05, 0) is 47.7 Å². The molecule has 5 N–H and O–H groups in total. The monoisotopic (exact) mass is 637 g/mol. The SMILES string of the molecule is C=CC(=O)N1CC(NC(=O)c2c(Cl)nc(CN=C(N)c3cc(C(C)(C)C)c(Cl)cc3N)n2C2CCN(c3ccccn3)C2)C1. The summed E-state index contributed by atoms with van der Waals surface area (Å²) in [6.07, 6.45) is 3.75. The van der Waals surface area contributed by atoms with Gasteiger partial charge in [0.1, 0.15) is 23.2 Å². The Kier molecular flexibility index (Phi) is 8.90. The zero-order valence-electron chi connectivity index (χ0n) is 25.1. The number of rotatable bonds is 8. The number of amides is 2. The number of amidine groups is 1. The predicted molar refractivity (Wildman–Crippen MR) is 174 cm³/mol. The smallest absolute Gasteiger partial charge is 0.271 e. The van der Waals surface area contributed by atoms with Gasteiger partial charge >= 0.3 is 0 Å². The highest BCUT2D eigenvalue weighted by Crippen LogP contribution is 2.34. The quantitative estimate of drug-likeness (QED) is 0.147. The molecule has 2 saturated heterocycles. The lowest BCUT2D eigenvalue weighted by molar-refractivity contribution is -0.130. The summed E-state index contributed by atoms with van der Waals surface area (Å²) in [6, 6.07) is 9.00. The van der Waals surface area contributed by atoms with E-state index in [1.165, 1.54) is 6.08 Å². The molecule has 2 amide bonds. The van der Waals surface area contributed by atoms with Crippen molar-refractivity contribution in [2.75, 3.05) is 36.8 Å². The molecular weight excluding hydrogens is 601 g/mol. The van der Waals surface area contributed by atoms with Gasteiger partial charge in [0, 0.05) is 48.6 Å². The number of hydrogen-bond acceptors (Lipinski definition) is 7. The summed E-state index contributed by atoms with van der Waals surface area (Å²) < 4.78 is 1.87. The van der Waals surface area contributed by atoms with E-state index in [-0.39, 0.29) is 52.5 Å². The first-order valence-corrected chi connectivity index (χ1v) is 15.2. The van der Waals surface area contributed by atoms with Gasteiger partial charge < -0.3 is 31.2 Å². The first-order chi connectivity index (χ1) is 20.9. The van der Waals surface area contributed by atoms with Gasteiger partial charge in [-0.15, -0.1) is 0 Å². The Bertz CT molecular complexity index is 1610. The number of benzene rings is 1. The molecule has 13 heteroatoms. The summed E-state index contributed by atoms with van der Waals surface area (Å²) in [5.74, 6) is 1.04. The van der Waals surface area contributed by atoms with Crippen LogP contribution in [0.4, 0.5) is 11.5 Å². The summed E-state index contributed by atoms with van der Waals surface area (Å²) in [5.41, 5.74) is 14.7. The minimum Gasteiger partial charge on any atom is -0.398 e. The van der Waals surface area contributed by atoms with Gasteiger partial charge in [-0.25, -0.2) is 9.97 Å². The molecule has 0 radical (unpaired) electrons. The first kappa shape index (κ1) is 31.3. The van der Waals surface area contributed by atoms with Crippen LogP contribution in [-0.2, 0) is 16.8 Å². The molecule has 1 aromatic carbocycles. The summed E-state index contributed by atoms with van der Waals surface area (Å²) >= 11 is 13.1. The van der Waals surface area contributed by atoms with Crippen molar-refractivity contribution in [1.82, 2.24) is 24.8 Å². The van der Waals surface area contributed by atoms with E-state index in [1.54, 1.807) is 17.2 Å². The van der Waals surface area contributed by atoms with Crippen molar-refractivity contribution in [2.45, 2.75) is 51.2 Å². The highest BCUT2D eigenvalue weighted by Gasteiger charge is 2.35. The number of aromatic nitrogens is 3. The highest BCUT2D eigenvalue weighted by molar-refractivity contribution is 6.32. The molecule has 1 unspecified atom stereocenters. The highest BCUT2D eigenvalue weighted by atomic mass is 35.5. The van der Waals surface area contributed by atoms with Crippen molar-refractivity contribution in [3.63, 3.8) is 0 Å². The molecule has 1 atom stereocenters. The Hall–Kier alpha value is -4.09. The number of carbonyl (C=O) groups is 2. The summed E-state index contributed by atoms with van der Waals surface area (Å²) in [4.78, 5) is 43.0. The van der Waals surface area contributed by atoms with Gasteiger partial charge in [-0.2, -0.15) is 0 Å². The average Bonchev–Trinajstić information content (AvgIpc) is 3.57. The largest absolute Gasteiger partial charge is 0.398 e. The molecule has 2 aliphatic rings. The van der Waals surface area contributed by atoms with E-state index in [0.29, 0.717) is 41.7 Å². The van der Waals surface area contributed by atoms with E-state index >= 15 is 0 Å². The fourth-order valence-corrected chi connectivity index (χ4v) is 6.35. The molecule has 2 aliphatic heterocycles. The second-order valence-corrected chi connectivity index (χ2v) is 12.9. The second-order valence-electron chi connectivity index (χ2n) is 12.1. The van der Waals surface area contributed by atoms with E-state index in [9.17, 15) is 9.59 Å². The van der Waals surface area contributed by atoms with Crippen LogP contribution in [0.5, 0.6) is 0 Å². The molecule has 232 valence electrons. The topological polar surface area (TPSA) is 148 Å². The van der Waals surface area contributed by atoms with E-state index in [2.05, 4.69) is 52.5 Å². The third kappa shape index (κ3) is 6.39. The Morgan fingerprint density at radius 1 is 1.20 bits per heavy atom. The van der Waals surface area contributed by atoms with Crippen molar-refractivity contribution in [3.8, 4) is 0 Å². The maximum Gasteiger partial charge on any atom is 0.271 e. The number of nitrogens with zero attached hydrogens (tertiary/aromatic N) is 6. The zero-order chi connectivity index (χ0) is 31.8. The number of anilines is 2. The standard InChI is InChI=1S/C31H37Cl2N9O2/c1-5-26(43)41-15-18(16-41)38-30(44)27-28(33)39-25(42(27)19-9-11-40(17-19)24-8-6-7-10-36-24)14-37-29(35)20-12-21(31(2,3)4)22(32)13-23(20)34/h5-8,10,12-13,18-19H,1,9,11,14-17,34H2,2-4H3,(H2,35,37)(H,38,44). The molecule has 0 spiro atoms. The maximum atomic E-state index is 13.6. The number of likely N-dealkylation sites (tertiary alicyclic amines) is 1. The predicted octanol–water partition coefficient (Wildman–Crippen LogP) is 3.95. The molecule has 5 rings (SSSR count). The minimum absolute atomic E-state index is 0.0664. The summed E-state index contributed by atoms with van der Waals surface area (Å²) in [7, 11) is 0. The Labute approximate surface area is 266 Å². The second kappa shape index (κ2) is 12.5. The molecule has 0 saturated carbocycles. The molecular formula is C31H37Cl2N9O2. The molecule has 2 aromatic heterocycles. The number of pyridine rings is 1. The van der Waals surface area contributed by atoms with Crippen LogP contribution < -0.4 is 21.7 Å². The Morgan fingerprint density at radius 3 is 2.61 bits per heavy atom. The molecule has 4 heterocycles. The lowest BCUT2D eigenvalue weighted by atomic mass is 9.85. The number of hydrogen-bond donors (Lipinski definition) is 3. The number of nitrogens with two attached hydrogens (primary N) is 2. The lowest BCUT2D eigenvalue weighted by Crippen LogP contribution is -2.60. The zero-order valence-corrected chi connectivity index (χ0v) is 26.6. The average molecular weight is 639 g/mol. The van der Waals surface area contributed by atoms with E-state index in [0.717, 1.165) is 24.3 Å². The van der Waals surface area contributed by atoms with Crippen LogP contribution in [0, 0.1) is 0 Å². The van der Waals surface area contributed by atoms with Gasteiger partial charge in [0.15, 0.2) is 5.15 Å². The van der Waals surface area contributed by atoms with Gasteiger partial charge in [-0.1, -0.05) is 56.6 Å². The first-order valence-electron chi connectivity index (χ1n) is 14.4. The minimum atomic E-state index is -0.366. The fraction of sp³-hybridized carbons (Fsp3) is 0.387. The van der Waals surface area contributed by atoms with Crippen LogP contribution in [0.15, 0.2) is 54.2 Å². The van der Waals surface area contributed by atoms with Gasteiger partial charge in [0.25, 0.3) is 5.91 Å². The normalized spacial score (nSPS) is 17.5. The number of nitrogen functional groups attached to an aromatic ring is 1. The number of carbonyl (C=O) groups excluding carboxylic acids is 2. The lowest BCUT2D eigenvalue weighted by Gasteiger charge is -2.39. The third-order valence-corrected chi connectivity index (χ3v) is 8.55. The molecule has 44 heavy (non-hydrogen) atoms. The van der Waals surface area contributed by atoms with Gasteiger partial charge in [0.05, 0.1) is 18.6 Å². The Balaban J connectivity index is 1.45. The van der Waals surface area contributed by atoms with E-state index in [1.807, 2.05) is 28.8 Å². The molecule has 0 bridgehead atoms. The van der Waals surface area contributed by atoms with Crippen molar-refractivity contribution in [3.05, 3.63) is 82.0 Å². The van der Waals surface area contributed by atoms with Gasteiger partial charge in [0.2, 0.25) is 5.91 Å². The van der Waals surface area contributed by atoms with Crippen LogP contribution in [0.25, 0.3) is 0 Å². The van der Waals surface area contributed by atoms with Crippen LogP contribution in [0.1, 0.15) is 60.7 Å². The van der Waals surface area contributed by atoms with Crippen molar-refractivity contribution < 1.29 is 9.59 Å². The van der Waals surface area contributed by atoms with Crippen LogP contribution >= 0.6 is 23.2 Å². The summed E-state index contributed by atoms with van der Waals surface area (Å²) in [6.45, 7) is 11.9. The summed E-state index contributed by atoms with van der Waals surface area (Å²) in [5, 5.41) is 3.63. The van der Waals surface area contributed by atoms with Crippen LogP contribution in [0.3, 0.4) is 0 Å². The molecule has 11 nitrogen and oxygen atoms in total. The number of aliphatic imine (C=N–C) groups is 1. The number of nitrogens with one attached hydrogen (secondary N) is 1. The number of imidazole rings is 1. The van der Waals surface area contributed by atoms with Crippen LogP contribution in [0.2, 0.25) is 10.2 Å². The molecule has 3 aromatic rings. The van der Waals surface area contributed by atoms with E-state index < -0.39 is 0 Å². The van der Waals surface area contributed by atoms with Gasteiger partial charge in [-0.3, -0.25) is 14.6 Å². The Morgan fingerprint density at radius 2 is 1.95 bits per heavy atom. The van der Waals surface area contributed by atoms with E-state index in [4.69, 9.17) is 34.7 Å². The van der Waals surface area contributed by atoms with Crippen molar-refractivity contribution in [1.29, 1.82) is 0 Å². The third-order valence-electron chi connectivity index (χ3n) is 7.98. The molecule has 2 fully saturated rings. The fourth-order valence-electron chi connectivity index (χ4n) is 5.62. The number of halogens is 2.